The van der Waals surface area contributed by atoms with E-state index in [1.54, 1.807) is 6.07 Å². The van der Waals surface area contributed by atoms with Gasteiger partial charge in [0.05, 0.1) is 12.2 Å². The quantitative estimate of drug-likeness (QED) is 0.430. The lowest BCUT2D eigenvalue weighted by molar-refractivity contribution is -0.0505. The van der Waals surface area contributed by atoms with Crippen LogP contribution in [0.1, 0.15) is 49.7 Å². The summed E-state index contributed by atoms with van der Waals surface area (Å²) in [4.78, 5) is 0. The second-order valence-corrected chi connectivity index (χ2v) is 8.93. The molecule has 2 saturated carbocycles. The number of aromatic hydroxyl groups is 1. The molecule has 7 nitrogen and oxygen atoms in total. The first-order chi connectivity index (χ1) is 12.0. The van der Waals surface area contributed by atoms with Crippen LogP contribution in [-0.4, -0.2) is 45.1 Å². The molecule has 2 fully saturated rings. The van der Waals surface area contributed by atoms with Gasteiger partial charge >= 0.3 is 10.4 Å². The first kappa shape index (κ1) is 19.6. The Hall–Kier alpha value is -1.19. The monoisotopic (exact) mass is 386 g/mol. The van der Waals surface area contributed by atoms with E-state index in [1.807, 2.05) is 6.07 Å². The van der Waals surface area contributed by atoms with Gasteiger partial charge in [0.2, 0.25) is 0 Å². The zero-order valence-electron chi connectivity index (χ0n) is 14.6. The van der Waals surface area contributed by atoms with E-state index in [4.69, 9.17) is 17.5 Å². The van der Waals surface area contributed by atoms with E-state index >= 15 is 0 Å². The third-order valence-electron chi connectivity index (χ3n) is 6.68. The third kappa shape index (κ3) is 3.61. The summed E-state index contributed by atoms with van der Waals surface area (Å²) in [6, 6.07) is 5.80. The molecule has 6 atom stereocenters. The number of hydrogen-bond donors (Lipinski definition) is 5. The number of phenolic OH excluding ortho intramolecular Hbond substituents is 1. The Labute approximate surface area is 153 Å². The van der Waals surface area contributed by atoms with E-state index < -0.39 is 22.6 Å². The lowest BCUT2D eigenvalue weighted by Crippen LogP contribution is -2.44. The van der Waals surface area contributed by atoms with Crippen molar-refractivity contribution in [3.05, 3.63) is 29.3 Å². The second kappa shape index (κ2) is 6.76. The van der Waals surface area contributed by atoms with Gasteiger partial charge in [0.15, 0.2) is 0 Å². The zero-order chi connectivity index (χ0) is 19.3. The smallest absolute Gasteiger partial charge is 0.394 e. The second-order valence-electron chi connectivity index (χ2n) is 8.04. The van der Waals surface area contributed by atoms with E-state index in [0.29, 0.717) is 23.5 Å². The molecule has 0 aliphatic heterocycles. The summed E-state index contributed by atoms with van der Waals surface area (Å²) in [6.45, 7) is 2.17. The number of rotatable bonds is 0. The molecular formula is C18H26O7S. The highest BCUT2D eigenvalue weighted by Gasteiger charge is 2.57. The van der Waals surface area contributed by atoms with E-state index in [1.165, 1.54) is 11.1 Å². The van der Waals surface area contributed by atoms with Crippen molar-refractivity contribution in [1.29, 1.82) is 0 Å². The van der Waals surface area contributed by atoms with Crippen molar-refractivity contribution in [2.75, 3.05) is 0 Å². The van der Waals surface area contributed by atoms with Crippen LogP contribution in [0.25, 0.3) is 0 Å². The Morgan fingerprint density at radius 3 is 2.46 bits per heavy atom. The first-order valence-electron chi connectivity index (χ1n) is 8.88. The van der Waals surface area contributed by atoms with Gasteiger partial charge in [-0.3, -0.25) is 9.11 Å². The van der Waals surface area contributed by atoms with Crippen LogP contribution in [0, 0.1) is 17.3 Å². The minimum atomic E-state index is -4.67. The van der Waals surface area contributed by atoms with Gasteiger partial charge in [-0.15, -0.1) is 0 Å². The number of aliphatic hydroxyl groups is 2. The molecule has 0 heterocycles. The van der Waals surface area contributed by atoms with Crippen LogP contribution in [0.4, 0.5) is 0 Å². The van der Waals surface area contributed by atoms with Gasteiger partial charge in [0, 0.05) is 0 Å². The summed E-state index contributed by atoms with van der Waals surface area (Å²) in [5.41, 5.74) is 2.57. The summed E-state index contributed by atoms with van der Waals surface area (Å²) < 4.78 is 31.6. The fraction of sp³-hybridized carbons (Fsp3) is 0.667. The lowest BCUT2D eigenvalue weighted by Gasteiger charge is -2.49. The summed E-state index contributed by atoms with van der Waals surface area (Å²) in [7, 11) is -4.67. The summed E-state index contributed by atoms with van der Waals surface area (Å²) in [5.74, 6) is 1.88. The van der Waals surface area contributed by atoms with Crippen LogP contribution >= 0.6 is 0 Å². The number of fused-ring (bicyclic) bond motifs is 5. The fourth-order valence-corrected chi connectivity index (χ4v) is 5.56. The van der Waals surface area contributed by atoms with Gasteiger partial charge in [-0.25, -0.2) is 0 Å². The molecule has 0 aromatic heterocycles. The highest BCUT2D eigenvalue weighted by molar-refractivity contribution is 7.79. The molecule has 0 unspecified atom stereocenters. The molecule has 0 amide bonds. The summed E-state index contributed by atoms with van der Waals surface area (Å²) in [5, 5.41) is 30.2. The number of phenols is 1. The lowest BCUT2D eigenvalue weighted by atomic mass is 9.55. The highest BCUT2D eigenvalue weighted by atomic mass is 32.3. The van der Waals surface area contributed by atoms with Crippen molar-refractivity contribution in [1.82, 2.24) is 0 Å². The molecule has 3 aliphatic carbocycles. The van der Waals surface area contributed by atoms with E-state index in [-0.39, 0.29) is 5.41 Å². The molecule has 8 heteroatoms. The van der Waals surface area contributed by atoms with Gasteiger partial charge in [-0.2, -0.15) is 8.42 Å². The summed E-state index contributed by atoms with van der Waals surface area (Å²) >= 11 is 0. The van der Waals surface area contributed by atoms with Gasteiger partial charge < -0.3 is 15.3 Å². The molecule has 146 valence electrons. The van der Waals surface area contributed by atoms with E-state index in [2.05, 4.69) is 13.0 Å². The fourth-order valence-electron chi connectivity index (χ4n) is 5.56. The maximum atomic E-state index is 10.4. The largest absolute Gasteiger partial charge is 0.508 e. The molecule has 0 bridgehead atoms. The molecule has 1 aromatic rings. The Bertz CT molecular complexity index is 770. The van der Waals surface area contributed by atoms with Crippen molar-refractivity contribution < 1.29 is 32.8 Å². The minimum absolute atomic E-state index is 0.116. The highest BCUT2D eigenvalue weighted by Crippen LogP contribution is 2.60. The predicted octanol–water partition coefficient (Wildman–Crippen LogP) is 1.93. The van der Waals surface area contributed by atoms with Gasteiger partial charge in [0.1, 0.15) is 5.75 Å². The number of hydrogen-bond acceptors (Lipinski definition) is 5. The third-order valence-corrected chi connectivity index (χ3v) is 6.68. The molecule has 0 radical (unpaired) electrons. The Morgan fingerprint density at radius 2 is 1.81 bits per heavy atom. The van der Waals surface area contributed by atoms with Crippen LogP contribution < -0.4 is 0 Å². The molecular weight excluding hydrogens is 360 g/mol. The van der Waals surface area contributed by atoms with Crippen LogP contribution in [0.2, 0.25) is 0 Å². The zero-order valence-corrected chi connectivity index (χ0v) is 15.4. The average Bonchev–Trinajstić information content (AvgIpc) is 2.76. The number of benzene rings is 1. The van der Waals surface area contributed by atoms with Crippen molar-refractivity contribution in [2.24, 2.45) is 17.3 Å². The van der Waals surface area contributed by atoms with Crippen molar-refractivity contribution in [3.63, 3.8) is 0 Å². The SMILES string of the molecule is C[C@]12CC[C@@H]3c4ccc(O)cc4CC[C@H]3[C@@H]1C[C@@H](O)[C@@H]2O.O=S(=O)(O)O. The van der Waals surface area contributed by atoms with E-state index in [0.717, 1.165) is 32.1 Å². The van der Waals surface area contributed by atoms with Crippen LogP contribution in [0.15, 0.2) is 18.2 Å². The molecule has 3 aliphatic rings. The molecule has 26 heavy (non-hydrogen) atoms. The predicted molar refractivity (Wildman–Crippen MR) is 94.3 cm³/mol. The topological polar surface area (TPSA) is 135 Å². The first-order valence-corrected chi connectivity index (χ1v) is 10.3. The molecule has 0 saturated heterocycles. The van der Waals surface area contributed by atoms with Gasteiger partial charge in [0.25, 0.3) is 0 Å². The average molecular weight is 386 g/mol. The van der Waals surface area contributed by atoms with Crippen molar-refractivity contribution >= 4 is 10.4 Å². The number of aliphatic hydroxyl groups excluding tert-OH is 2. The van der Waals surface area contributed by atoms with E-state index in [9.17, 15) is 15.3 Å². The van der Waals surface area contributed by atoms with Crippen LogP contribution in [-0.2, 0) is 16.8 Å². The maximum Gasteiger partial charge on any atom is 0.394 e. The van der Waals surface area contributed by atoms with Gasteiger partial charge in [-0.05, 0) is 78.5 Å². The summed E-state index contributed by atoms with van der Waals surface area (Å²) in [6.07, 6.45) is 3.80. The standard InChI is InChI=1S/C18H24O3.H2O4S/c1-18-7-6-13-12-5-3-11(19)8-10(12)2-4-14(13)15(18)9-16(20)17(18)21;1-5(2,3)4/h3,5,8,13-17,19-21H,2,4,6-7,9H2,1H3;(H2,1,2,3,4)/t13-,14-,15+,16-,17+,18+;/m1./s1. The van der Waals surface area contributed by atoms with Crippen LogP contribution in [0.5, 0.6) is 5.75 Å². The normalized spacial score (nSPS) is 38.4. The van der Waals surface area contributed by atoms with Crippen molar-refractivity contribution in [3.8, 4) is 5.75 Å². The van der Waals surface area contributed by atoms with Crippen LogP contribution in [0.3, 0.4) is 0 Å². The van der Waals surface area contributed by atoms with Gasteiger partial charge in [-0.1, -0.05) is 13.0 Å². The number of aryl methyl sites for hydroxylation is 1. The molecule has 4 rings (SSSR count). The Kier molecular flexibility index (Phi) is 5.09. The Morgan fingerprint density at radius 1 is 1.15 bits per heavy atom. The molecule has 0 spiro atoms. The maximum absolute atomic E-state index is 10.4. The van der Waals surface area contributed by atoms with Crippen molar-refractivity contribution in [2.45, 2.75) is 57.2 Å². The molecule has 1 aromatic carbocycles. The Balaban J connectivity index is 0.000000349. The molecule has 5 N–H and O–H groups in total. The minimum Gasteiger partial charge on any atom is -0.508 e.